The third-order valence-corrected chi connectivity index (χ3v) is 2.02. The van der Waals surface area contributed by atoms with Crippen LogP contribution in [0.2, 0.25) is 0 Å². The van der Waals surface area contributed by atoms with Crippen molar-refractivity contribution in [1.29, 1.82) is 0 Å². The van der Waals surface area contributed by atoms with Crippen LogP contribution in [0.25, 0.3) is 0 Å². The van der Waals surface area contributed by atoms with Gasteiger partial charge in [0.1, 0.15) is 5.60 Å². The van der Waals surface area contributed by atoms with Gasteiger partial charge in [-0.25, -0.2) is 4.79 Å². The van der Waals surface area contributed by atoms with E-state index < -0.39 is 11.7 Å². The van der Waals surface area contributed by atoms with Gasteiger partial charge in [-0.15, -0.1) is 0 Å². The molecule has 0 aliphatic carbocycles. The van der Waals surface area contributed by atoms with Crippen LogP contribution < -0.4 is 5.32 Å². The molecule has 1 rings (SSSR count). The molecule has 0 bridgehead atoms. The minimum absolute atomic E-state index is 0.417. The molecule has 0 heterocycles. The summed E-state index contributed by atoms with van der Waals surface area (Å²) < 4.78 is 5.18. The summed E-state index contributed by atoms with van der Waals surface area (Å²) in [6.07, 6.45) is -0.417. The molecule has 0 aromatic heterocycles. The van der Waals surface area contributed by atoms with Crippen LogP contribution in [-0.4, -0.2) is 11.7 Å². The number of benzene rings is 1. The molecule has 0 unspecified atom stereocenters. The van der Waals surface area contributed by atoms with E-state index in [1.54, 1.807) is 0 Å². The maximum absolute atomic E-state index is 11.5. The van der Waals surface area contributed by atoms with Crippen molar-refractivity contribution in [3.63, 3.8) is 0 Å². The highest BCUT2D eigenvalue weighted by Gasteiger charge is 2.16. The molecular weight excluding hydrogens is 202 g/mol. The first-order valence-corrected chi connectivity index (χ1v) is 5.35. The molecular formula is C13H19NO2. The van der Waals surface area contributed by atoms with E-state index in [0.29, 0.717) is 0 Å². The van der Waals surface area contributed by atoms with E-state index in [1.165, 1.54) is 5.56 Å². The fourth-order valence-electron chi connectivity index (χ4n) is 1.37. The molecule has 0 aliphatic heterocycles. The second-order valence-electron chi connectivity index (χ2n) is 4.95. The van der Waals surface area contributed by atoms with Crippen molar-refractivity contribution >= 4 is 11.8 Å². The Morgan fingerprint density at radius 2 is 1.88 bits per heavy atom. The van der Waals surface area contributed by atoms with Crippen LogP contribution in [0, 0.1) is 13.8 Å². The first-order chi connectivity index (χ1) is 7.28. The van der Waals surface area contributed by atoms with Gasteiger partial charge in [-0.1, -0.05) is 17.7 Å². The summed E-state index contributed by atoms with van der Waals surface area (Å²) in [5.74, 6) is 0. The van der Waals surface area contributed by atoms with E-state index in [1.807, 2.05) is 52.8 Å². The minimum atomic E-state index is -0.470. The van der Waals surface area contributed by atoms with E-state index in [2.05, 4.69) is 5.32 Å². The Morgan fingerprint density at radius 1 is 1.25 bits per heavy atom. The highest BCUT2D eigenvalue weighted by atomic mass is 16.6. The number of amides is 1. The summed E-state index contributed by atoms with van der Waals surface area (Å²) in [7, 11) is 0. The molecule has 88 valence electrons. The fourth-order valence-corrected chi connectivity index (χ4v) is 1.37. The second kappa shape index (κ2) is 4.56. The molecule has 0 saturated carbocycles. The van der Waals surface area contributed by atoms with E-state index in [4.69, 9.17) is 4.74 Å². The molecule has 1 aromatic carbocycles. The van der Waals surface area contributed by atoms with E-state index in [0.717, 1.165) is 11.3 Å². The van der Waals surface area contributed by atoms with Crippen LogP contribution in [0.5, 0.6) is 0 Å². The number of hydrogen-bond donors (Lipinski definition) is 1. The van der Waals surface area contributed by atoms with Crippen molar-refractivity contribution in [2.75, 3.05) is 5.32 Å². The Bertz CT molecular complexity index is 391. The number of anilines is 1. The lowest BCUT2D eigenvalue weighted by molar-refractivity contribution is 0.0636. The molecule has 3 nitrogen and oxygen atoms in total. The van der Waals surface area contributed by atoms with Gasteiger partial charge >= 0.3 is 6.09 Å². The topological polar surface area (TPSA) is 38.3 Å². The number of carbonyl (C=O) groups is 1. The molecule has 0 saturated heterocycles. The van der Waals surface area contributed by atoms with E-state index >= 15 is 0 Å². The number of hydrogen-bond acceptors (Lipinski definition) is 2. The Labute approximate surface area is 96.8 Å². The van der Waals surface area contributed by atoms with Crippen LogP contribution in [0.4, 0.5) is 10.5 Å². The standard InChI is InChI=1S/C13H19NO2/c1-9-6-7-11(10(2)8-9)14-12(15)16-13(3,4)5/h6-8H,1-5H3,(H,14,15). The molecule has 1 aromatic rings. The zero-order valence-electron chi connectivity index (χ0n) is 10.5. The van der Waals surface area contributed by atoms with Gasteiger partial charge in [-0.3, -0.25) is 5.32 Å². The third-order valence-electron chi connectivity index (χ3n) is 2.02. The predicted molar refractivity (Wildman–Crippen MR) is 65.8 cm³/mol. The fraction of sp³-hybridized carbons (Fsp3) is 0.462. The van der Waals surface area contributed by atoms with Crippen molar-refractivity contribution in [2.45, 2.75) is 40.2 Å². The molecule has 3 heteroatoms. The lowest BCUT2D eigenvalue weighted by Gasteiger charge is -2.20. The highest BCUT2D eigenvalue weighted by Crippen LogP contribution is 2.17. The van der Waals surface area contributed by atoms with Gasteiger partial charge in [-0.2, -0.15) is 0 Å². The zero-order chi connectivity index (χ0) is 12.3. The lowest BCUT2D eigenvalue weighted by atomic mass is 10.1. The quantitative estimate of drug-likeness (QED) is 0.786. The van der Waals surface area contributed by atoms with Gasteiger partial charge in [0.2, 0.25) is 0 Å². The molecule has 16 heavy (non-hydrogen) atoms. The number of nitrogens with one attached hydrogen (secondary N) is 1. The van der Waals surface area contributed by atoms with E-state index in [-0.39, 0.29) is 0 Å². The van der Waals surface area contributed by atoms with Crippen LogP contribution in [0.15, 0.2) is 18.2 Å². The van der Waals surface area contributed by atoms with Gasteiger partial charge in [0.15, 0.2) is 0 Å². The van der Waals surface area contributed by atoms with Crippen molar-refractivity contribution in [3.8, 4) is 0 Å². The number of ether oxygens (including phenoxy) is 1. The third kappa shape index (κ3) is 3.93. The lowest BCUT2D eigenvalue weighted by Crippen LogP contribution is -2.27. The smallest absolute Gasteiger partial charge is 0.412 e. The maximum Gasteiger partial charge on any atom is 0.412 e. The Balaban J connectivity index is 2.70. The van der Waals surface area contributed by atoms with Crippen molar-refractivity contribution in [2.24, 2.45) is 0 Å². The largest absolute Gasteiger partial charge is 0.444 e. The molecule has 0 spiro atoms. The Hall–Kier alpha value is -1.51. The monoisotopic (exact) mass is 221 g/mol. The van der Waals surface area contributed by atoms with Gasteiger partial charge in [0.05, 0.1) is 0 Å². The average Bonchev–Trinajstić information content (AvgIpc) is 2.06. The van der Waals surface area contributed by atoms with Crippen molar-refractivity contribution in [1.82, 2.24) is 0 Å². The molecule has 0 radical (unpaired) electrons. The zero-order valence-corrected chi connectivity index (χ0v) is 10.5. The summed E-state index contributed by atoms with van der Waals surface area (Å²) in [6.45, 7) is 9.50. The summed E-state index contributed by atoms with van der Waals surface area (Å²) in [6, 6.07) is 5.86. The van der Waals surface area contributed by atoms with Crippen molar-refractivity contribution < 1.29 is 9.53 Å². The Kier molecular flexibility index (Phi) is 3.58. The normalized spacial score (nSPS) is 11.1. The first-order valence-electron chi connectivity index (χ1n) is 5.35. The van der Waals surface area contributed by atoms with Crippen LogP contribution in [0.3, 0.4) is 0 Å². The number of aryl methyl sites for hydroxylation is 2. The van der Waals surface area contributed by atoms with Crippen LogP contribution in [0.1, 0.15) is 31.9 Å². The van der Waals surface area contributed by atoms with E-state index in [9.17, 15) is 4.79 Å². The second-order valence-corrected chi connectivity index (χ2v) is 4.95. The summed E-state index contributed by atoms with van der Waals surface area (Å²) in [4.78, 5) is 11.5. The maximum atomic E-state index is 11.5. The molecule has 0 atom stereocenters. The average molecular weight is 221 g/mol. The van der Waals surface area contributed by atoms with Gasteiger partial charge in [0.25, 0.3) is 0 Å². The van der Waals surface area contributed by atoms with Gasteiger partial charge in [-0.05, 0) is 46.2 Å². The number of rotatable bonds is 1. The van der Waals surface area contributed by atoms with Gasteiger partial charge < -0.3 is 4.74 Å². The van der Waals surface area contributed by atoms with Gasteiger partial charge in [0, 0.05) is 5.69 Å². The predicted octanol–water partition coefficient (Wildman–Crippen LogP) is 3.65. The first kappa shape index (κ1) is 12.6. The molecule has 1 N–H and O–H groups in total. The highest BCUT2D eigenvalue weighted by molar-refractivity contribution is 5.85. The molecule has 0 aliphatic rings. The molecule has 0 fully saturated rings. The van der Waals surface area contributed by atoms with Crippen molar-refractivity contribution in [3.05, 3.63) is 29.3 Å². The number of carbonyl (C=O) groups excluding carboxylic acids is 1. The summed E-state index contributed by atoms with van der Waals surface area (Å²) >= 11 is 0. The summed E-state index contributed by atoms with van der Waals surface area (Å²) in [5.41, 5.74) is 2.53. The minimum Gasteiger partial charge on any atom is -0.444 e. The van der Waals surface area contributed by atoms with Crippen LogP contribution in [-0.2, 0) is 4.74 Å². The SMILES string of the molecule is Cc1ccc(NC(=O)OC(C)(C)C)c(C)c1. The Morgan fingerprint density at radius 3 is 2.38 bits per heavy atom. The molecule has 1 amide bonds. The van der Waals surface area contributed by atoms with Crippen LogP contribution >= 0.6 is 0 Å². The summed E-state index contributed by atoms with van der Waals surface area (Å²) in [5, 5.41) is 2.73.